The van der Waals surface area contributed by atoms with Crippen molar-refractivity contribution < 1.29 is 19.1 Å². The van der Waals surface area contributed by atoms with Gasteiger partial charge in [0.15, 0.2) is 0 Å². The van der Waals surface area contributed by atoms with Crippen LogP contribution in [0.3, 0.4) is 0 Å². The predicted octanol–water partition coefficient (Wildman–Crippen LogP) is 3.64. The molecule has 1 aliphatic heterocycles. The number of hydrogen-bond acceptors (Lipinski definition) is 5. The molecule has 0 spiro atoms. The predicted molar refractivity (Wildman–Crippen MR) is 132 cm³/mol. The van der Waals surface area contributed by atoms with Crippen molar-refractivity contribution >= 4 is 12.0 Å². The summed E-state index contributed by atoms with van der Waals surface area (Å²) < 4.78 is 10.8. The van der Waals surface area contributed by atoms with Gasteiger partial charge >= 0.3 is 6.09 Å². The zero-order valence-electron chi connectivity index (χ0n) is 21.4. The van der Waals surface area contributed by atoms with E-state index in [1.165, 1.54) is 30.5 Å². The van der Waals surface area contributed by atoms with Crippen LogP contribution in [0.25, 0.3) is 0 Å². The number of nitrogens with zero attached hydrogens (tertiary/aromatic N) is 1. The number of hydrogen-bond donors (Lipinski definition) is 2. The van der Waals surface area contributed by atoms with E-state index >= 15 is 0 Å². The van der Waals surface area contributed by atoms with Crippen LogP contribution in [0.5, 0.6) is 5.75 Å². The van der Waals surface area contributed by atoms with E-state index < -0.39 is 11.7 Å². The maximum absolute atomic E-state index is 12.4. The Balaban J connectivity index is 1.43. The van der Waals surface area contributed by atoms with Crippen molar-refractivity contribution in [1.29, 1.82) is 0 Å². The second-order valence-corrected chi connectivity index (χ2v) is 11.4. The van der Waals surface area contributed by atoms with E-state index in [0.29, 0.717) is 18.5 Å². The van der Waals surface area contributed by atoms with Gasteiger partial charge < -0.3 is 20.1 Å². The third kappa shape index (κ3) is 5.51. The highest BCUT2D eigenvalue weighted by Gasteiger charge is 2.51. The van der Waals surface area contributed by atoms with E-state index in [1.54, 1.807) is 27.9 Å². The molecule has 1 heterocycles. The third-order valence-electron chi connectivity index (χ3n) is 7.92. The molecule has 2 bridgehead atoms. The minimum Gasteiger partial charge on any atom is -0.497 e. The summed E-state index contributed by atoms with van der Waals surface area (Å²) in [6.07, 6.45) is 5.22. The first-order chi connectivity index (χ1) is 16.1. The van der Waals surface area contributed by atoms with Crippen molar-refractivity contribution in [3.63, 3.8) is 0 Å². The Morgan fingerprint density at radius 3 is 2.65 bits per heavy atom. The monoisotopic (exact) mass is 471 g/mol. The fourth-order valence-electron chi connectivity index (χ4n) is 5.96. The lowest BCUT2D eigenvalue weighted by Gasteiger charge is -2.56. The summed E-state index contributed by atoms with van der Waals surface area (Å²) >= 11 is 0. The van der Waals surface area contributed by atoms with Gasteiger partial charge in [0, 0.05) is 24.5 Å². The van der Waals surface area contributed by atoms with Crippen LogP contribution in [-0.4, -0.2) is 61.8 Å². The van der Waals surface area contributed by atoms with Gasteiger partial charge in [-0.05, 0) is 94.5 Å². The molecular formula is C27H41N3O4. The van der Waals surface area contributed by atoms with E-state index in [0.717, 1.165) is 37.5 Å². The molecular weight excluding hydrogens is 430 g/mol. The summed E-state index contributed by atoms with van der Waals surface area (Å²) in [4.78, 5) is 27.0. The van der Waals surface area contributed by atoms with Gasteiger partial charge in [-0.15, -0.1) is 0 Å². The number of ether oxygens (including phenoxy) is 2. The third-order valence-corrected chi connectivity index (χ3v) is 7.92. The van der Waals surface area contributed by atoms with Crippen molar-refractivity contribution in [2.45, 2.75) is 76.9 Å². The Kier molecular flexibility index (Phi) is 7.13. The second kappa shape index (κ2) is 9.76. The Labute approximate surface area is 203 Å². The number of methoxy groups -OCH3 is 1. The number of piperidine rings is 1. The van der Waals surface area contributed by atoms with Crippen LogP contribution in [-0.2, 0) is 21.4 Å². The molecule has 7 nitrogen and oxygen atoms in total. The number of alkyl carbamates (subject to hydrolysis) is 1. The van der Waals surface area contributed by atoms with Crippen molar-refractivity contribution in [1.82, 2.24) is 15.5 Å². The smallest absolute Gasteiger partial charge is 0.408 e. The minimum atomic E-state index is -0.587. The van der Waals surface area contributed by atoms with E-state index in [1.807, 2.05) is 0 Å². The minimum absolute atomic E-state index is 0.0126. The molecule has 2 amide bonds. The van der Waals surface area contributed by atoms with Crippen LogP contribution in [0.1, 0.15) is 64.5 Å². The normalized spacial score (nSPS) is 26.4. The van der Waals surface area contributed by atoms with Crippen molar-refractivity contribution in [2.75, 3.05) is 33.3 Å². The van der Waals surface area contributed by atoms with Crippen LogP contribution in [0.2, 0.25) is 0 Å². The standard InChI is InChI=1S/C27H41N3O4/c1-18-23-14-20-8-9-21(33-5)15-22(20)27(18,11-13-30(23)17-19-6-7-19)10-12-28-24(31)16-29-25(32)34-26(2,3)4/h8-9,15,18-19,23H,6-7,10-14,16-17H2,1-5H3,(H,28,31)(H,29,32)/t18-,23+,27+/m0/s1. The number of fused-ring (bicyclic) bond motifs is 4. The maximum atomic E-state index is 12.4. The quantitative estimate of drug-likeness (QED) is 0.605. The van der Waals surface area contributed by atoms with Gasteiger partial charge in [-0.25, -0.2) is 4.79 Å². The van der Waals surface area contributed by atoms with Gasteiger partial charge in [-0.2, -0.15) is 0 Å². The van der Waals surface area contributed by atoms with Crippen LogP contribution in [0.15, 0.2) is 18.2 Å². The van der Waals surface area contributed by atoms with Crippen molar-refractivity contribution in [2.24, 2.45) is 11.8 Å². The first-order valence-electron chi connectivity index (χ1n) is 12.8. The van der Waals surface area contributed by atoms with E-state index in [2.05, 4.69) is 40.7 Å². The van der Waals surface area contributed by atoms with Gasteiger partial charge in [0.25, 0.3) is 0 Å². The van der Waals surface area contributed by atoms with Gasteiger partial charge in [0.1, 0.15) is 11.4 Å². The molecule has 34 heavy (non-hydrogen) atoms. The topological polar surface area (TPSA) is 79.9 Å². The maximum Gasteiger partial charge on any atom is 0.408 e. The highest BCUT2D eigenvalue weighted by Crippen LogP contribution is 2.52. The fourth-order valence-corrected chi connectivity index (χ4v) is 5.96. The molecule has 1 saturated heterocycles. The molecule has 188 valence electrons. The molecule has 1 saturated carbocycles. The van der Waals surface area contributed by atoms with Crippen LogP contribution < -0.4 is 15.4 Å². The molecule has 1 aromatic rings. The van der Waals surface area contributed by atoms with Gasteiger partial charge in [0.2, 0.25) is 5.91 Å². The number of amides is 2. The Hall–Kier alpha value is -2.28. The molecule has 4 rings (SSSR count). The molecule has 1 aromatic carbocycles. The summed E-state index contributed by atoms with van der Waals surface area (Å²) in [5, 5.41) is 5.57. The summed E-state index contributed by atoms with van der Waals surface area (Å²) in [7, 11) is 1.72. The second-order valence-electron chi connectivity index (χ2n) is 11.4. The van der Waals surface area contributed by atoms with Gasteiger partial charge in [0.05, 0.1) is 13.7 Å². The lowest BCUT2D eigenvalue weighted by atomic mass is 9.56. The molecule has 2 fully saturated rings. The zero-order chi connectivity index (χ0) is 24.5. The summed E-state index contributed by atoms with van der Waals surface area (Å²) in [6, 6.07) is 7.09. The van der Waals surface area contributed by atoms with E-state index in [4.69, 9.17) is 9.47 Å². The van der Waals surface area contributed by atoms with Gasteiger partial charge in [-0.1, -0.05) is 13.0 Å². The Bertz CT molecular complexity index is 908. The average molecular weight is 472 g/mol. The number of nitrogens with one attached hydrogen (secondary N) is 2. The van der Waals surface area contributed by atoms with Crippen LogP contribution in [0.4, 0.5) is 4.79 Å². The Morgan fingerprint density at radius 2 is 1.97 bits per heavy atom. The SMILES string of the molecule is COc1ccc2c(c1)[C@]1(CCNC(=O)CNC(=O)OC(C)(C)C)CCN(CC3CC3)[C@H](C2)[C@@H]1C. The zero-order valence-corrected chi connectivity index (χ0v) is 21.4. The first kappa shape index (κ1) is 24.8. The lowest BCUT2D eigenvalue weighted by Crippen LogP contribution is -2.60. The van der Waals surface area contributed by atoms with Crippen LogP contribution in [0, 0.1) is 11.8 Å². The highest BCUT2D eigenvalue weighted by atomic mass is 16.6. The molecule has 7 heteroatoms. The molecule has 0 radical (unpaired) electrons. The number of likely N-dealkylation sites (tertiary alicyclic amines) is 1. The van der Waals surface area contributed by atoms with Crippen molar-refractivity contribution in [3.05, 3.63) is 29.3 Å². The highest BCUT2D eigenvalue weighted by molar-refractivity contribution is 5.82. The van der Waals surface area contributed by atoms with Crippen LogP contribution >= 0.6 is 0 Å². The summed E-state index contributed by atoms with van der Waals surface area (Å²) in [5.74, 6) is 2.08. The Morgan fingerprint density at radius 1 is 1.21 bits per heavy atom. The molecule has 3 atom stereocenters. The molecule has 2 aliphatic carbocycles. The van der Waals surface area contributed by atoms with E-state index in [-0.39, 0.29) is 17.9 Å². The number of carbonyl (C=O) groups is 2. The lowest BCUT2D eigenvalue weighted by molar-refractivity contribution is -0.120. The fraction of sp³-hybridized carbons (Fsp3) is 0.704. The molecule has 3 aliphatic rings. The number of carbonyl (C=O) groups excluding carboxylic acids is 2. The number of benzene rings is 1. The van der Waals surface area contributed by atoms with Crippen molar-refractivity contribution in [3.8, 4) is 5.75 Å². The van der Waals surface area contributed by atoms with E-state index in [9.17, 15) is 9.59 Å². The van der Waals surface area contributed by atoms with Gasteiger partial charge in [-0.3, -0.25) is 9.69 Å². The molecule has 0 unspecified atom stereocenters. The summed E-state index contributed by atoms with van der Waals surface area (Å²) in [5.41, 5.74) is 2.24. The molecule has 0 aromatic heterocycles. The summed E-state index contributed by atoms with van der Waals surface area (Å²) in [6.45, 7) is 10.6. The first-order valence-corrected chi connectivity index (χ1v) is 12.8. The molecule has 2 N–H and O–H groups in total. The number of rotatable bonds is 8. The average Bonchev–Trinajstić information content (AvgIpc) is 3.59. The largest absolute Gasteiger partial charge is 0.497 e.